The van der Waals surface area contributed by atoms with Crippen molar-refractivity contribution in [2.45, 2.75) is 12.5 Å². The molecule has 0 spiro atoms. The van der Waals surface area contributed by atoms with Crippen molar-refractivity contribution >= 4 is 16.8 Å². The third kappa shape index (κ3) is 3.59. The average Bonchev–Trinajstić information content (AvgIpc) is 3.43. The molecule has 4 aromatic rings. The summed E-state index contributed by atoms with van der Waals surface area (Å²) in [6, 6.07) is 12.6. The first-order valence-corrected chi connectivity index (χ1v) is 9.81. The van der Waals surface area contributed by atoms with Crippen molar-refractivity contribution in [2.24, 2.45) is 0 Å². The molecule has 2 aromatic carbocycles. The van der Waals surface area contributed by atoms with Crippen molar-refractivity contribution in [3.8, 4) is 16.9 Å². The molecule has 2 aromatic heterocycles. The van der Waals surface area contributed by atoms with Gasteiger partial charge in [-0.25, -0.2) is 9.07 Å². The lowest BCUT2D eigenvalue weighted by Gasteiger charge is -2.15. The van der Waals surface area contributed by atoms with E-state index in [-0.39, 0.29) is 17.0 Å². The first-order valence-electron chi connectivity index (χ1n) is 9.81. The molecule has 0 aliphatic carbocycles. The van der Waals surface area contributed by atoms with E-state index >= 15 is 0 Å². The molecule has 0 saturated carbocycles. The number of aromatic amines is 1. The van der Waals surface area contributed by atoms with Crippen LogP contribution in [-0.4, -0.2) is 55.1 Å². The highest BCUT2D eigenvalue weighted by atomic mass is 19.1. The van der Waals surface area contributed by atoms with E-state index < -0.39 is 11.9 Å². The van der Waals surface area contributed by atoms with Crippen LogP contribution < -0.4 is 5.56 Å². The highest BCUT2D eigenvalue weighted by Gasteiger charge is 2.25. The smallest absolute Gasteiger partial charge is 0.258 e. The lowest BCUT2D eigenvalue weighted by atomic mass is 10.1. The number of halogens is 1. The Morgan fingerprint density at radius 2 is 1.97 bits per heavy atom. The van der Waals surface area contributed by atoms with Gasteiger partial charge < -0.3 is 15.0 Å². The highest BCUT2D eigenvalue weighted by molar-refractivity contribution is 5.94. The maximum Gasteiger partial charge on any atom is 0.258 e. The van der Waals surface area contributed by atoms with Gasteiger partial charge in [-0.05, 0) is 55.0 Å². The summed E-state index contributed by atoms with van der Waals surface area (Å²) in [5, 5.41) is 18.3. The van der Waals surface area contributed by atoms with Crippen molar-refractivity contribution in [1.29, 1.82) is 0 Å². The quantitative estimate of drug-likeness (QED) is 0.529. The molecular weight excluding hydrogens is 401 g/mol. The van der Waals surface area contributed by atoms with E-state index in [1.54, 1.807) is 41.4 Å². The van der Waals surface area contributed by atoms with Crippen LogP contribution in [0.3, 0.4) is 0 Å². The molecule has 5 rings (SSSR count). The van der Waals surface area contributed by atoms with Crippen molar-refractivity contribution in [1.82, 2.24) is 24.9 Å². The summed E-state index contributed by atoms with van der Waals surface area (Å²) in [7, 11) is 0. The third-order valence-corrected chi connectivity index (χ3v) is 5.41. The first kappa shape index (κ1) is 19.1. The van der Waals surface area contributed by atoms with Gasteiger partial charge >= 0.3 is 0 Å². The summed E-state index contributed by atoms with van der Waals surface area (Å²) in [6.07, 6.45) is 1.72. The molecule has 31 heavy (non-hydrogen) atoms. The summed E-state index contributed by atoms with van der Waals surface area (Å²) >= 11 is 0. The number of nitrogens with zero attached hydrogens (tertiary/aromatic N) is 4. The predicted octanol–water partition coefficient (Wildman–Crippen LogP) is 2.12. The molecule has 1 aliphatic rings. The Bertz CT molecular complexity index is 1350. The summed E-state index contributed by atoms with van der Waals surface area (Å²) < 4.78 is 15.0. The Balaban J connectivity index is 1.42. The maximum absolute atomic E-state index is 13.5. The van der Waals surface area contributed by atoms with Gasteiger partial charge in [0.1, 0.15) is 11.5 Å². The van der Waals surface area contributed by atoms with E-state index in [2.05, 4.69) is 15.3 Å². The number of benzene rings is 2. The van der Waals surface area contributed by atoms with E-state index in [1.807, 2.05) is 0 Å². The fourth-order valence-corrected chi connectivity index (χ4v) is 3.75. The van der Waals surface area contributed by atoms with Gasteiger partial charge in [0.15, 0.2) is 0 Å². The fourth-order valence-electron chi connectivity index (χ4n) is 3.75. The Kier molecular flexibility index (Phi) is 4.59. The average molecular weight is 419 g/mol. The van der Waals surface area contributed by atoms with Gasteiger partial charge in [0, 0.05) is 29.6 Å². The van der Waals surface area contributed by atoms with E-state index in [9.17, 15) is 19.1 Å². The lowest BCUT2D eigenvalue weighted by molar-refractivity contribution is 0.0765. The molecule has 0 unspecified atom stereocenters. The van der Waals surface area contributed by atoms with Crippen molar-refractivity contribution in [3.63, 3.8) is 0 Å². The number of pyridine rings is 1. The van der Waals surface area contributed by atoms with Crippen molar-refractivity contribution in [3.05, 3.63) is 76.5 Å². The summed E-state index contributed by atoms with van der Waals surface area (Å²) in [5.41, 5.74) is 2.00. The van der Waals surface area contributed by atoms with Gasteiger partial charge in [-0.3, -0.25) is 9.59 Å². The second kappa shape index (κ2) is 7.44. The van der Waals surface area contributed by atoms with Crippen LogP contribution in [0.25, 0.3) is 27.8 Å². The number of rotatable bonds is 3. The zero-order valence-corrected chi connectivity index (χ0v) is 16.3. The topological polar surface area (TPSA) is 104 Å². The minimum atomic E-state index is -0.466. The number of amides is 1. The number of β-amino-alcohol motifs (C(OH)–C–C–N with tert-alkyl or cyclic N) is 1. The van der Waals surface area contributed by atoms with E-state index in [0.717, 1.165) is 0 Å². The Morgan fingerprint density at radius 1 is 1.16 bits per heavy atom. The number of nitrogens with one attached hydrogen (secondary N) is 1. The number of hydrogen-bond donors (Lipinski definition) is 2. The van der Waals surface area contributed by atoms with E-state index in [4.69, 9.17) is 0 Å². The summed E-state index contributed by atoms with van der Waals surface area (Å²) in [5.74, 6) is -0.524. The molecule has 2 N–H and O–H groups in total. The van der Waals surface area contributed by atoms with Gasteiger partial charge in [0.05, 0.1) is 23.6 Å². The third-order valence-electron chi connectivity index (χ3n) is 5.41. The van der Waals surface area contributed by atoms with Gasteiger partial charge in [-0.15, -0.1) is 5.10 Å². The fraction of sp³-hybridized carbons (Fsp3) is 0.182. The monoisotopic (exact) mass is 419 g/mol. The number of carbonyl (C=O) groups excluding carboxylic acids is 1. The van der Waals surface area contributed by atoms with Crippen LogP contribution in [0.4, 0.5) is 4.39 Å². The molecule has 9 heteroatoms. The van der Waals surface area contributed by atoms with E-state index in [1.165, 1.54) is 22.9 Å². The number of aliphatic hydroxyl groups excluding tert-OH is 1. The molecule has 0 radical (unpaired) electrons. The van der Waals surface area contributed by atoms with Crippen molar-refractivity contribution < 1.29 is 14.3 Å². The molecule has 1 fully saturated rings. The SMILES string of the molecule is O=C(c1ccc(-n2cc(-c3cc4cc(F)ccc4[nH]c3=O)nn2)cc1)N1CC[C@H](O)C1. The molecule has 8 nitrogen and oxygen atoms in total. The number of H-pyrrole nitrogens is 1. The van der Waals surface area contributed by atoms with Gasteiger partial charge in [0.2, 0.25) is 0 Å². The largest absolute Gasteiger partial charge is 0.391 e. The Morgan fingerprint density at radius 3 is 2.71 bits per heavy atom. The number of fused-ring (bicyclic) bond motifs is 1. The van der Waals surface area contributed by atoms with Gasteiger partial charge in [-0.1, -0.05) is 5.21 Å². The van der Waals surface area contributed by atoms with E-state index in [0.29, 0.717) is 47.4 Å². The molecule has 3 heterocycles. The van der Waals surface area contributed by atoms with Crippen LogP contribution in [0.1, 0.15) is 16.8 Å². The van der Waals surface area contributed by atoms with Crippen LogP contribution in [0.2, 0.25) is 0 Å². The zero-order chi connectivity index (χ0) is 21.5. The number of aromatic nitrogens is 4. The first-order chi connectivity index (χ1) is 15.0. The number of carbonyl (C=O) groups is 1. The number of hydrogen-bond acceptors (Lipinski definition) is 5. The second-order valence-electron chi connectivity index (χ2n) is 7.53. The molecule has 156 valence electrons. The van der Waals surface area contributed by atoms with Gasteiger partial charge in [-0.2, -0.15) is 0 Å². The molecule has 0 bridgehead atoms. The molecule has 1 amide bonds. The Hall–Kier alpha value is -3.85. The number of likely N-dealkylation sites (tertiary alicyclic amines) is 1. The molecular formula is C22H18FN5O3. The predicted molar refractivity (Wildman–Crippen MR) is 111 cm³/mol. The van der Waals surface area contributed by atoms with Crippen molar-refractivity contribution in [2.75, 3.05) is 13.1 Å². The second-order valence-corrected chi connectivity index (χ2v) is 7.53. The normalized spacial score (nSPS) is 16.2. The molecule has 1 atom stereocenters. The van der Waals surface area contributed by atoms with Gasteiger partial charge in [0.25, 0.3) is 11.5 Å². The van der Waals surface area contributed by atoms with Crippen LogP contribution in [0.5, 0.6) is 0 Å². The summed E-state index contributed by atoms with van der Waals surface area (Å²) in [4.78, 5) is 29.3. The van der Waals surface area contributed by atoms with Crippen LogP contribution in [0.15, 0.2) is 59.5 Å². The zero-order valence-electron chi connectivity index (χ0n) is 16.3. The maximum atomic E-state index is 13.5. The van der Waals surface area contributed by atoms with Crippen LogP contribution >= 0.6 is 0 Å². The van der Waals surface area contributed by atoms with Crippen LogP contribution in [0, 0.1) is 5.82 Å². The minimum absolute atomic E-state index is 0.127. The highest BCUT2D eigenvalue weighted by Crippen LogP contribution is 2.20. The lowest BCUT2D eigenvalue weighted by Crippen LogP contribution is -2.29. The minimum Gasteiger partial charge on any atom is -0.391 e. The molecule has 1 saturated heterocycles. The van der Waals surface area contributed by atoms with Crippen LogP contribution in [-0.2, 0) is 0 Å². The number of aliphatic hydroxyl groups is 1. The standard InChI is InChI=1S/C22H18FN5O3/c23-15-3-6-19-14(9-15)10-18(21(30)24-19)20-12-28(26-25-20)16-4-1-13(2-5-16)22(31)27-8-7-17(29)11-27/h1-6,9-10,12,17,29H,7-8,11H2,(H,24,30)/t17-/m0/s1. The molecule has 1 aliphatic heterocycles. The Labute approximate surface area is 175 Å². The summed E-state index contributed by atoms with van der Waals surface area (Å²) in [6.45, 7) is 0.885.